The number of aryl methyl sites for hydroxylation is 1. The predicted molar refractivity (Wildman–Crippen MR) is 122 cm³/mol. The van der Waals surface area contributed by atoms with E-state index in [1.165, 1.54) is 50.6 Å². The van der Waals surface area contributed by atoms with Crippen molar-refractivity contribution in [2.24, 2.45) is 4.99 Å². The van der Waals surface area contributed by atoms with Gasteiger partial charge in [-0.1, -0.05) is 30.7 Å². The van der Waals surface area contributed by atoms with Gasteiger partial charge in [-0.2, -0.15) is 0 Å². The van der Waals surface area contributed by atoms with Gasteiger partial charge in [0.25, 0.3) is 0 Å². The highest BCUT2D eigenvalue weighted by Gasteiger charge is 2.15. The second kappa shape index (κ2) is 11.6. The van der Waals surface area contributed by atoms with Gasteiger partial charge in [-0.05, 0) is 57.0 Å². The molecule has 7 nitrogen and oxygen atoms in total. The van der Waals surface area contributed by atoms with Crippen molar-refractivity contribution in [2.75, 3.05) is 26.7 Å². The van der Waals surface area contributed by atoms with Gasteiger partial charge in [-0.25, -0.2) is 9.79 Å². The molecule has 2 heterocycles. The lowest BCUT2D eigenvalue weighted by atomic mass is 10.1. The van der Waals surface area contributed by atoms with E-state index in [2.05, 4.69) is 44.8 Å². The number of benzene rings is 1. The minimum absolute atomic E-state index is 0.392. The fraction of sp³-hybridized carbons (Fsp3) is 0.500. The molecule has 2 aromatic rings. The quantitative estimate of drug-likeness (QED) is 0.381. The minimum Gasteiger partial charge on any atom is -0.465 e. The van der Waals surface area contributed by atoms with E-state index in [-0.39, 0.29) is 0 Å². The molecule has 0 amide bonds. The Morgan fingerprint density at radius 3 is 2.52 bits per heavy atom. The fourth-order valence-electron chi connectivity index (χ4n) is 3.75. The monoisotopic (exact) mass is 426 g/mol. The molecular formula is C24H34N4O3. The third kappa shape index (κ3) is 6.85. The minimum atomic E-state index is -0.392. The first kappa shape index (κ1) is 22.9. The van der Waals surface area contributed by atoms with E-state index in [1.54, 1.807) is 13.0 Å². The smallest absolute Gasteiger partial charge is 0.341 e. The van der Waals surface area contributed by atoms with Gasteiger partial charge in [0.05, 0.1) is 20.2 Å². The molecule has 0 atom stereocenters. The molecular weight excluding hydrogens is 392 g/mol. The van der Waals surface area contributed by atoms with Gasteiger partial charge in [0, 0.05) is 13.1 Å². The van der Waals surface area contributed by atoms with Gasteiger partial charge < -0.3 is 19.8 Å². The van der Waals surface area contributed by atoms with Crippen molar-refractivity contribution in [3.63, 3.8) is 0 Å². The standard InChI is InChI=1S/C24H34N4O3/c1-4-25-24(27-16-21-14-22(18(2)31-21)23(29)30-3)26-15-19-8-10-20(11-9-19)17-28-12-6-5-7-13-28/h8-11,14H,4-7,12-13,15-17H2,1-3H3,(H2,25,26,27). The molecule has 7 heteroatoms. The second-order valence-corrected chi connectivity index (χ2v) is 7.88. The number of guanidine groups is 1. The highest BCUT2D eigenvalue weighted by Crippen LogP contribution is 2.16. The van der Waals surface area contributed by atoms with Gasteiger partial charge in [0.15, 0.2) is 5.96 Å². The molecule has 1 fully saturated rings. The third-order valence-corrected chi connectivity index (χ3v) is 5.45. The third-order valence-electron chi connectivity index (χ3n) is 5.45. The van der Waals surface area contributed by atoms with Crippen LogP contribution in [0.5, 0.6) is 0 Å². The van der Waals surface area contributed by atoms with Crippen LogP contribution < -0.4 is 10.6 Å². The van der Waals surface area contributed by atoms with Crippen LogP contribution in [0, 0.1) is 6.92 Å². The average molecular weight is 427 g/mol. The lowest BCUT2D eigenvalue weighted by molar-refractivity contribution is 0.0599. The maximum Gasteiger partial charge on any atom is 0.341 e. The molecule has 1 aromatic heterocycles. The number of nitrogens with zero attached hydrogens (tertiary/aromatic N) is 2. The Hall–Kier alpha value is -2.80. The maximum atomic E-state index is 11.7. The van der Waals surface area contributed by atoms with E-state index in [0.717, 1.165) is 13.1 Å². The van der Waals surface area contributed by atoms with Crippen molar-refractivity contribution < 1.29 is 13.9 Å². The summed E-state index contributed by atoms with van der Waals surface area (Å²) in [7, 11) is 1.36. The van der Waals surface area contributed by atoms with E-state index in [1.807, 2.05) is 6.92 Å². The molecule has 168 valence electrons. The Labute approximate surface area is 184 Å². The van der Waals surface area contributed by atoms with E-state index in [4.69, 9.17) is 9.15 Å². The largest absolute Gasteiger partial charge is 0.465 e. The van der Waals surface area contributed by atoms with Crippen LogP contribution in [0.15, 0.2) is 39.7 Å². The topological polar surface area (TPSA) is 79.1 Å². The lowest BCUT2D eigenvalue weighted by Gasteiger charge is -2.26. The summed E-state index contributed by atoms with van der Waals surface area (Å²) in [6.45, 7) is 9.00. The molecule has 0 unspecified atom stereocenters. The van der Waals surface area contributed by atoms with Crippen LogP contribution in [0.2, 0.25) is 0 Å². The first-order valence-electron chi connectivity index (χ1n) is 11.1. The second-order valence-electron chi connectivity index (χ2n) is 7.88. The fourth-order valence-corrected chi connectivity index (χ4v) is 3.75. The van der Waals surface area contributed by atoms with E-state index >= 15 is 0 Å². The number of nitrogens with one attached hydrogen (secondary N) is 2. The summed E-state index contributed by atoms with van der Waals surface area (Å²) in [5.74, 6) is 1.52. The number of carbonyl (C=O) groups excluding carboxylic acids is 1. The maximum absolute atomic E-state index is 11.7. The molecule has 1 aliphatic rings. The molecule has 0 spiro atoms. The van der Waals surface area contributed by atoms with E-state index in [9.17, 15) is 4.79 Å². The number of hydrogen-bond acceptors (Lipinski definition) is 5. The van der Waals surface area contributed by atoms with Crippen molar-refractivity contribution in [2.45, 2.75) is 52.7 Å². The summed E-state index contributed by atoms with van der Waals surface area (Å²) in [6, 6.07) is 10.4. The van der Waals surface area contributed by atoms with Crippen molar-refractivity contribution in [1.29, 1.82) is 0 Å². The summed E-state index contributed by atoms with van der Waals surface area (Å²) in [4.78, 5) is 19.0. The van der Waals surface area contributed by atoms with Crippen LogP contribution in [0.1, 0.15) is 59.2 Å². The van der Waals surface area contributed by atoms with Crippen molar-refractivity contribution >= 4 is 11.9 Å². The van der Waals surface area contributed by atoms with Crippen LogP contribution in [0.4, 0.5) is 0 Å². The number of hydrogen-bond donors (Lipinski definition) is 2. The van der Waals surface area contributed by atoms with Gasteiger partial charge in [0.2, 0.25) is 0 Å². The van der Waals surface area contributed by atoms with Crippen molar-refractivity contribution in [3.8, 4) is 0 Å². The number of likely N-dealkylation sites (tertiary alicyclic amines) is 1. The van der Waals surface area contributed by atoms with Crippen molar-refractivity contribution in [1.82, 2.24) is 15.5 Å². The first-order chi connectivity index (χ1) is 15.1. The van der Waals surface area contributed by atoms with Crippen LogP contribution >= 0.6 is 0 Å². The summed E-state index contributed by atoms with van der Waals surface area (Å²) in [6.07, 6.45) is 3.99. The SMILES string of the molecule is CCNC(=NCc1ccc(CN2CCCCC2)cc1)NCc1cc(C(=O)OC)c(C)o1. The van der Waals surface area contributed by atoms with E-state index < -0.39 is 5.97 Å². The molecule has 0 saturated carbocycles. The number of rotatable bonds is 8. The highest BCUT2D eigenvalue weighted by atomic mass is 16.5. The van der Waals surface area contributed by atoms with Gasteiger partial charge in [-0.3, -0.25) is 4.90 Å². The number of piperidine rings is 1. The average Bonchev–Trinajstić information content (AvgIpc) is 3.17. The van der Waals surface area contributed by atoms with Crippen LogP contribution in [0.25, 0.3) is 0 Å². The number of ether oxygens (including phenoxy) is 1. The zero-order chi connectivity index (χ0) is 22.1. The number of methoxy groups -OCH3 is 1. The van der Waals surface area contributed by atoms with Crippen molar-refractivity contribution in [3.05, 3.63) is 58.5 Å². The van der Waals surface area contributed by atoms with E-state index in [0.29, 0.717) is 36.1 Å². The summed E-state index contributed by atoms with van der Waals surface area (Å²) >= 11 is 0. The zero-order valence-electron chi connectivity index (χ0n) is 18.9. The number of furan rings is 1. The molecule has 0 aliphatic carbocycles. The van der Waals surface area contributed by atoms with Crippen LogP contribution in [0.3, 0.4) is 0 Å². The summed E-state index contributed by atoms with van der Waals surface area (Å²) in [5.41, 5.74) is 2.97. The molecule has 0 radical (unpaired) electrons. The Bertz CT molecular complexity index is 867. The Kier molecular flexibility index (Phi) is 8.53. The normalized spacial score (nSPS) is 15.0. The predicted octanol–water partition coefficient (Wildman–Crippen LogP) is 3.62. The zero-order valence-corrected chi connectivity index (χ0v) is 18.9. The first-order valence-corrected chi connectivity index (χ1v) is 11.1. The number of carbonyl (C=O) groups is 1. The van der Waals surface area contributed by atoms with Crippen LogP contribution in [-0.4, -0.2) is 43.6 Å². The molecule has 2 N–H and O–H groups in total. The number of aliphatic imine (C=N–C) groups is 1. The Morgan fingerprint density at radius 2 is 1.84 bits per heavy atom. The molecule has 1 saturated heterocycles. The van der Waals surface area contributed by atoms with Crippen LogP contribution in [-0.2, 0) is 24.4 Å². The molecule has 3 rings (SSSR count). The Balaban J connectivity index is 1.54. The summed E-state index contributed by atoms with van der Waals surface area (Å²) in [5, 5.41) is 6.50. The molecule has 31 heavy (non-hydrogen) atoms. The lowest BCUT2D eigenvalue weighted by Crippen LogP contribution is -2.36. The molecule has 1 aromatic carbocycles. The highest BCUT2D eigenvalue weighted by molar-refractivity contribution is 5.90. The summed E-state index contributed by atoms with van der Waals surface area (Å²) < 4.78 is 10.4. The number of esters is 1. The Morgan fingerprint density at radius 1 is 1.13 bits per heavy atom. The molecule has 0 bridgehead atoms. The van der Waals surface area contributed by atoms with Gasteiger partial charge >= 0.3 is 5.97 Å². The van der Waals surface area contributed by atoms with Gasteiger partial charge in [-0.15, -0.1) is 0 Å². The molecule has 1 aliphatic heterocycles. The van der Waals surface area contributed by atoms with Gasteiger partial charge in [0.1, 0.15) is 17.1 Å².